The molecule has 0 aliphatic heterocycles. The van der Waals surface area contributed by atoms with Gasteiger partial charge in [-0.15, -0.1) is 0 Å². The second-order valence-electron chi connectivity index (χ2n) is 1.65. The molecule has 0 bridgehead atoms. The molecule has 0 aromatic carbocycles. The number of carboxylic acids is 1. The molecule has 3 N–H and O–H groups in total. The van der Waals surface area contributed by atoms with Crippen molar-refractivity contribution in [2.24, 2.45) is 5.73 Å². The van der Waals surface area contributed by atoms with Crippen molar-refractivity contribution in [3.05, 3.63) is 0 Å². The molecule has 0 saturated heterocycles. The van der Waals surface area contributed by atoms with Gasteiger partial charge in [0.1, 0.15) is 0 Å². The first-order valence-electron chi connectivity index (χ1n) is 2.83. The van der Waals surface area contributed by atoms with Crippen molar-refractivity contribution in [1.29, 1.82) is 0 Å². The maximum absolute atomic E-state index is 9.86. The number of nitrogens with two attached hydrogens (primary N) is 1. The summed E-state index contributed by atoms with van der Waals surface area (Å²) in [6, 6.07) is 0. The van der Waals surface area contributed by atoms with Crippen molar-refractivity contribution in [2.75, 3.05) is 0 Å². The smallest absolute Gasteiger partial charge is 0.907 e. The van der Waals surface area contributed by atoms with Crippen molar-refractivity contribution in [1.82, 2.24) is 0 Å². The van der Waals surface area contributed by atoms with Gasteiger partial charge >= 0.3 is 160 Å². The summed E-state index contributed by atoms with van der Waals surface area (Å²) in [6.07, 6.45) is -0.245. The van der Waals surface area contributed by atoms with Crippen LogP contribution in [0.15, 0.2) is 0 Å². The molecule has 0 aromatic heterocycles. The van der Waals surface area contributed by atoms with Crippen LogP contribution in [0.25, 0.3) is 0 Å². The predicted molar refractivity (Wildman–Crippen MR) is 31.8 cm³/mol. The van der Waals surface area contributed by atoms with Gasteiger partial charge in [0.25, 0.3) is 0 Å². The van der Waals surface area contributed by atoms with Gasteiger partial charge < -0.3 is 25.9 Å². The first-order valence-corrected chi connectivity index (χ1v) is 2.83. The Bertz CT molecular complexity index is 143. The monoisotopic (exact) mass is 293 g/mol. The van der Waals surface area contributed by atoms with Gasteiger partial charge in [-0.25, -0.2) is 0 Å². The Kier molecular flexibility index (Phi) is 47.8. The zero-order valence-corrected chi connectivity index (χ0v) is 18.4. The zero-order valence-electron chi connectivity index (χ0n) is 9.06. The first kappa shape index (κ1) is 31.3. The standard InChI is InChI=1S/C4H7NO3.BO3.3K/c5-3(6)1-2-4(7)8;2-1(3)4;;;/h1-2H2,(H2,5,6)(H,7,8);;;;/q;-3;3*+1. The molecule has 0 aliphatic carbocycles. The summed E-state index contributed by atoms with van der Waals surface area (Å²) in [7, 11) is -2.92. The summed E-state index contributed by atoms with van der Waals surface area (Å²) in [6.45, 7) is 0. The van der Waals surface area contributed by atoms with E-state index in [1.165, 1.54) is 0 Å². The number of aliphatic carboxylic acids is 1. The third-order valence-electron chi connectivity index (χ3n) is 0.585. The molecule has 7 nitrogen and oxygen atoms in total. The minimum Gasteiger partial charge on any atom is -0.907 e. The Morgan fingerprint density at radius 2 is 1.33 bits per heavy atom. The van der Waals surface area contributed by atoms with Crippen LogP contribution in [0, 0.1) is 0 Å². The molecule has 0 atom stereocenters. The maximum atomic E-state index is 9.86. The van der Waals surface area contributed by atoms with E-state index in [-0.39, 0.29) is 167 Å². The minimum absolute atomic E-state index is 0. The van der Waals surface area contributed by atoms with Crippen molar-refractivity contribution >= 4 is 19.2 Å². The first-order chi connectivity index (χ1) is 5.36. The van der Waals surface area contributed by atoms with Gasteiger partial charge in [0.05, 0.1) is 6.42 Å². The molecular weight excluding hydrogens is 286 g/mol. The number of carbonyl (C=O) groups is 2. The average molecular weight is 293 g/mol. The van der Waals surface area contributed by atoms with E-state index in [0.29, 0.717) is 0 Å². The fourth-order valence-electron chi connectivity index (χ4n) is 0.230. The Hall–Kier alpha value is 3.79. The zero-order chi connectivity index (χ0) is 10.1. The number of carbonyl (C=O) groups excluding carboxylic acids is 1. The second kappa shape index (κ2) is 22.9. The van der Waals surface area contributed by atoms with E-state index in [0.717, 1.165) is 0 Å². The average Bonchev–Trinajstić information content (AvgIpc) is 1.82. The van der Waals surface area contributed by atoms with Gasteiger partial charge in [0.2, 0.25) is 5.91 Å². The molecule has 0 spiro atoms. The normalized spacial score (nSPS) is 6.33. The van der Waals surface area contributed by atoms with Crippen LogP contribution < -0.4 is 175 Å². The van der Waals surface area contributed by atoms with E-state index in [2.05, 4.69) is 5.73 Å². The van der Waals surface area contributed by atoms with Crippen LogP contribution in [0.2, 0.25) is 0 Å². The van der Waals surface area contributed by atoms with Gasteiger partial charge in [0.15, 0.2) is 0 Å². The SMILES string of the molecule is NC(=O)CCC(=O)O.[K+].[K+].[K+].[O-]B([O-])[O-]. The minimum atomic E-state index is -2.92. The summed E-state index contributed by atoms with van der Waals surface area (Å²) in [5.74, 6) is -1.57. The van der Waals surface area contributed by atoms with Crippen LogP contribution in [0.3, 0.4) is 0 Å². The van der Waals surface area contributed by atoms with Gasteiger partial charge in [-0.3, -0.25) is 16.9 Å². The summed E-state index contributed by atoms with van der Waals surface area (Å²) in [5, 5.41) is 33.2. The summed E-state index contributed by atoms with van der Waals surface area (Å²) in [4.78, 5) is 19.6. The molecule has 0 saturated carbocycles. The Labute approximate surface area is 215 Å². The largest absolute Gasteiger partial charge is 1.00 e. The van der Waals surface area contributed by atoms with Gasteiger partial charge in [-0.05, 0) is 0 Å². The topological polar surface area (TPSA) is 150 Å². The number of rotatable bonds is 3. The van der Waals surface area contributed by atoms with Crippen LogP contribution in [-0.4, -0.2) is 24.3 Å². The van der Waals surface area contributed by atoms with E-state index in [4.69, 9.17) is 20.2 Å². The van der Waals surface area contributed by atoms with Crippen molar-refractivity contribution in [3.8, 4) is 0 Å². The fraction of sp³-hybridized carbons (Fsp3) is 0.500. The van der Waals surface area contributed by atoms with E-state index >= 15 is 0 Å². The molecule has 0 aliphatic rings. The van der Waals surface area contributed by atoms with E-state index in [9.17, 15) is 9.59 Å². The third kappa shape index (κ3) is 57.4. The van der Waals surface area contributed by atoms with Crippen molar-refractivity contribution < 1.29 is 184 Å². The Morgan fingerprint density at radius 1 is 1.07 bits per heavy atom. The molecule has 15 heavy (non-hydrogen) atoms. The molecule has 11 heteroatoms. The number of primary amides is 1. The van der Waals surface area contributed by atoms with E-state index in [1.54, 1.807) is 0 Å². The molecule has 1 amide bonds. The molecule has 0 aromatic rings. The predicted octanol–water partition coefficient (Wildman–Crippen LogP) is -13.6. The van der Waals surface area contributed by atoms with E-state index in [1.807, 2.05) is 0 Å². The Morgan fingerprint density at radius 3 is 1.40 bits per heavy atom. The molecule has 0 heterocycles. The molecule has 0 fully saturated rings. The van der Waals surface area contributed by atoms with Crippen molar-refractivity contribution in [3.63, 3.8) is 0 Å². The van der Waals surface area contributed by atoms with E-state index < -0.39 is 19.2 Å². The second-order valence-corrected chi connectivity index (χ2v) is 1.65. The fourth-order valence-corrected chi connectivity index (χ4v) is 0.230. The van der Waals surface area contributed by atoms with Gasteiger partial charge in [-0.2, -0.15) is 0 Å². The molecular formula is C4H7BK3NO6. The molecule has 0 radical (unpaired) electrons. The number of hydrogen-bond acceptors (Lipinski definition) is 5. The molecule has 0 unspecified atom stereocenters. The summed E-state index contributed by atoms with van der Waals surface area (Å²) < 4.78 is 0. The van der Waals surface area contributed by atoms with Crippen LogP contribution in [0.1, 0.15) is 12.8 Å². The van der Waals surface area contributed by atoms with Crippen LogP contribution >= 0.6 is 0 Å². The summed E-state index contributed by atoms with van der Waals surface area (Å²) >= 11 is 0. The van der Waals surface area contributed by atoms with Gasteiger partial charge in [-0.1, -0.05) is 0 Å². The van der Waals surface area contributed by atoms with Gasteiger partial charge in [0, 0.05) is 6.42 Å². The quantitative estimate of drug-likeness (QED) is 0.493. The number of amides is 1. The maximum Gasteiger partial charge on any atom is 1.00 e. The van der Waals surface area contributed by atoms with Crippen LogP contribution in [0.4, 0.5) is 0 Å². The Balaban J connectivity index is -0.0000000424. The van der Waals surface area contributed by atoms with Crippen LogP contribution in [-0.2, 0) is 9.59 Å². The number of hydrogen-bond donors (Lipinski definition) is 2. The van der Waals surface area contributed by atoms with Crippen molar-refractivity contribution in [2.45, 2.75) is 12.8 Å². The number of carboxylic acid groups (broad SMARTS) is 1. The summed E-state index contributed by atoms with van der Waals surface area (Å²) in [5.41, 5.74) is 4.64. The molecule has 70 valence electrons. The van der Waals surface area contributed by atoms with Crippen LogP contribution in [0.5, 0.6) is 0 Å². The molecule has 0 rings (SSSR count). The third-order valence-corrected chi connectivity index (χ3v) is 0.585.